The molecule has 0 saturated heterocycles. The highest BCUT2D eigenvalue weighted by atomic mass is 16.4. The zero-order valence-electron chi connectivity index (χ0n) is 15.9. The maximum Gasteiger partial charge on any atom is 0.489 e. The molecule has 3 aromatic carbocycles. The quantitative estimate of drug-likeness (QED) is 0.688. The second-order valence-corrected chi connectivity index (χ2v) is 4.03. The lowest BCUT2D eigenvalue weighted by molar-refractivity contribution is 0.426. The Kier molecular flexibility index (Phi) is 1.77. The minimum atomic E-state index is -2.14. The van der Waals surface area contributed by atoms with Crippen molar-refractivity contribution >= 4 is 23.4 Å². The molecule has 92 valence electrons. The fraction of sp³-hybridized carbons (Fsp3) is 0. The largest absolute Gasteiger partial charge is 0.489 e. The molecule has 3 rings (SSSR count). The molecule has 0 saturated carbocycles. The molecule has 0 heterocycles. The first kappa shape index (κ1) is 6.89. The molecule has 19 heavy (non-hydrogen) atoms. The summed E-state index contributed by atoms with van der Waals surface area (Å²) in [6.45, 7) is 0. The second-order valence-electron chi connectivity index (χ2n) is 4.03. The van der Waals surface area contributed by atoms with Gasteiger partial charge in [0.15, 0.2) is 0 Å². The van der Waals surface area contributed by atoms with E-state index >= 15 is 0 Å². The van der Waals surface area contributed by atoms with Crippen LogP contribution in [0.25, 0.3) is 21.9 Å². The average Bonchev–Trinajstić information content (AvgIpc) is 2.60. The number of hydrogen-bond acceptors (Lipinski definition) is 2. The topological polar surface area (TPSA) is 40.5 Å². The third kappa shape index (κ3) is 2.14. The lowest BCUT2D eigenvalue weighted by Gasteiger charge is -2.11. The Labute approximate surface area is 120 Å². The van der Waals surface area contributed by atoms with Crippen LogP contribution in [0.4, 0.5) is 0 Å². The Morgan fingerprint density at radius 1 is 0.842 bits per heavy atom. The molecule has 2 N–H and O–H groups in total. The van der Waals surface area contributed by atoms with Crippen LogP contribution in [-0.4, -0.2) is 17.2 Å². The molecule has 0 bridgehead atoms. The van der Waals surface area contributed by atoms with Crippen molar-refractivity contribution in [2.75, 3.05) is 0 Å². The summed E-state index contributed by atoms with van der Waals surface area (Å²) >= 11 is 0. The molecular weight excluding hydrogens is 235 g/mol. The minimum Gasteiger partial charge on any atom is -0.423 e. The van der Waals surface area contributed by atoms with Crippen molar-refractivity contribution in [3.05, 3.63) is 66.6 Å². The van der Waals surface area contributed by atoms with Gasteiger partial charge in [0.05, 0.1) is 8.22 Å². The zero-order chi connectivity index (χ0) is 18.5. The summed E-state index contributed by atoms with van der Waals surface area (Å²) < 4.78 is 48.5. The van der Waals surface area contributed by atoms with Crippen LogP contribution in [0.3, 0.4) is 0 Å². The molecule has 2 nitrogen and oxygen atoms in total. The van der Waals surface area contributed by atoms with Gasteiger partial charge in [-0.05, 0) is 27.4 Å². The first-order valence-corrected chi connectivity index (χ1v) is 5.72. The van der Waals surface area contributed by atoms with Crippen molar-refractivity contribution in [3.63, 3.8) is 0 Å². The maximum absolute atomic E-state index is 9.66. The smallest absolute Gasteiger partial charge is 0.423 e. The standard InChI is InChI=1S/C16H13BO2/c18-17(19)16-11-10-13(12-6-2-1-3-7-12)14-8-4-5-9-15(14)16/h1-11,18-19H/i4D,5D,8D,9D,10D,11D. The van der Waals surface area contributed by atoms with Crippen molar-refractivity contribution in [2.45, 2.75) is 0 Å². The lowest BCUT2D eigenvalue weighted by Crippen LogP contribution is -2.30. The monoisotopic (exact) mass is 254 g/mol. The Morgan fingerprint density at radius 3 is 2.21 bits per heavy atom. The zero-order valence-corrected chi connectivity index (χ0v) is 9.86. The van der Waals surface area contributed by atoms with E-state index < -0.39 is 36.8 Å². The Morgan fingerprint density at radius 2 is 1.53 bits per heavy atom. The molecule has 0 fully saturated rings. The third-order valence-electron chi connectivity index (χ3n) is 2.85. The fourth-order valence-corrected chi connectivity index (χ4v) is 1.97. The van der Waals surface area contributed by atoms with Gasteiger partial charge in [-0.25, -0.2) is 0 Å². The van der Waals surface area contributed by atoms with E-state index in [1.54, 1.807) is 30.3 Å². The van der Waals surface area contributed by atoms with Gasteiger partial charge < -0.3 is 10.0 Å². The van der Waals surface area contributed by atoms with E-state index in [4.69, 9.17) is 8.22 Å². The van der Waals surface area contributed by atoms with Gasteiger partial charge in [-0.15, -0.1) is 0 Å². The van der Waals surface area contributed by atoms with Gasteiger partial charge in [0, 0.05) is 0 Å². The SMILES string of the molecule is [2H]c1c([2H])c([2H])c2c(-c3ccccc3)c([2H])c([2H])c(B(O)O)c2c1[2H]. The Balaban J connectivity index is 2.67. The van der Waals surface area contributed by atoms with Gasteiger partial charge in [0.1, 0.15) is 0 Å². The van der Waals surface area contributed by atoms with Crippen LogP contribution >= 0.6 is 0 Å². The van der Waals surface area contributed by atoms with Crippen molar-refractivity contribution in [1.29, 1.82) is 0 Å². The van der Waals surface area contributed by atoms with Crippen molar-refractivity contribution in [1.82, 2.24) is 0 Å². The molecule has 0 unspecified atom stereocenters. The predicted molar refractivity (Wildman–Crippen MR) is 79.2 cm³/mol. The molecule has 0 aliphatic heterocycles. The van der Waals surface area contributed by atoms with E-state index in [9.17, 15) is 10.0 Å². The van der Waals surface area contributed by atoms with E-state index in [0.29, 0.717) is 5.56 Å². The van der Waals surface area contributed by atoms with Crippen LogP contribution < -0.4 is 5.46 Å². The minimum absolute atomic E-state index is 0.00120. The maximum atomic E-state index is 9.66. The van der Waals surface area contributed by atoms with E-state index in [-0.39, 0.29) is 28.4 Å². The fourth-order valence-electron chi connectivity index (χ4n) is 1.97. The molecule has 0 aliphatic carbocycles. The molecule has 0 radical (unpaired) electrons. The summed E-state index contributed by atoms with van der Waals surface area (Å²) in [5.41, 5.74) is 0.277. The van der Waals surface area contributed by atoms with Crippen molar-refractivity contribution < 1.29 is 18.3 Å². The summed E-state index contributed by atoms with van der Waals surface area (Å²) in [4.78, 5) is 0. The summed E-state index contributed by atoms with van der Waals surface area (Å²) in [6, 6.07) is 5.85. The van der Waals surface area contributed by atoms with Crippen LogP contribution in [-0.2, 0) is 0 Å². The summed E-state index contributed by atoms with van der Waals surface area (Å²) in [6.07, 6.45) is 0. The first-order chi connectivity index (χ1) is 11.8. The summed E-state index contributed by atoms with van der Waals surface area (Å²) in [7, 11) is -2.14. The van der Waals surface area contributed by atoms with E-state index in [0.717, 1.165) is 0 Å². The van der Waals surface area contributed by atoms with Crippen LogP contribution in [0.1, 0.15) is 8.22 Å². The van der Waals surface area contributed by atoms with Crippen LogP contribution in [0.5, 0.6) is 0 Å². The van der Waals surface area contributed by atoms with E-state index in [1.165, 1.54) is 0 Å². The average molecular weight is 254 g/mol. The highest BCUT2D eigenvalue weighted by Crippen LogP contribution is 2.27. The third-order valence-corrected chi connectivity index (χ3v) is 2.85. The van der Waals surface area contributed by atoms with Crippen LogP contribution in [0.15, 0.2) is 66.6 Å². The normalized spacial score (nSPS) is 15.1. The number of benzene rings is 3. The number of hydrogen-bond donors (Lipinski definition) is 2. The van der Waals surface area contributed by atoms with Crippen molar-refractivity contribution in [2.24, 2.45) is 0 Å². The molecule has 0 spiro atoms. The highest BCUT2D eigenvalue weighted by molar-refractivity contribution is 6.62. The Bertz CT molecular complexity index is 992. The van der Waals surface area contributed by atoms with Gasteiger partial charge in [-0.1, -0.05) is 66.6 Å². The van der Waals surface area contributed by atoms with Crippen LogP contribution in [0.2, 0.25) is 0 Å². The Hall–Kier alpha value is -2.10. The molecule has 3 aromatic rings. The molecule has 0 amide bonds. The molecule has 0 atom stereocenters. The second kappa shape index (κ2) is 4.88. The summed E-state index contributed by atoms with van der Waals surface area (Å²) in [5.74, 6) is 0. The molecule has 0 aliphatic rings. The number of fused-ring (bicyclic) bond motifs is 1. The molecule has 3 heteroatoms. The van der Waals surface area contributed by atoms with Gasteiger partial charge in [-0.2, -0.15) is 0 Å². The molecule has 0 aromatic heterocycles. The highest BCUT2D eigenvalue weighted by Gasteiger charge is 2.16. The number of rotatable bonds is 2. The molecular formula is C16H13BO2. The van der Waals surface area contributed by atoms with Gasteiger partial charge in [0.25, 0.3) is 0 Å². The van der Waals surface area contributed by atoms with Crippen LogP contribution in [0, 0.1) is 0 Å². The first-order valence-electron chi connectivity index (χ1n) is 8.72. The van der Waals surface area contributed by atoms with Gasteiger partial charge in [-0.3, -0.25) is 0 Å². The van der Waals surface area contributed by atoms with E-state index in [1.807, 2.05) is 0 Å². The van der Waals surface area contributed by atoms with E-state index in [2.05, 4.69) is 0 Å². The lowest BCUT2D eigenvalue weighted by atomic mass is 9.76. The van der Waals surface area contributed by atoms with Crippen molar-refractivity contribution in [3.8, 4) is 11.1 Å². The van der Waals surface area contributed by atoms with Gasteiger partial charge in [0.2, 0.25) is 0 Å². The van der Waals surface area contributed by atoms with Gasteiger partial charge >= 0.3 is 7.12 Å². The predicted octanol–water partition coefficient (Wildman–Crippen LogP) is 2.19. The summed E-state index contributed by atoms with van der Waals surface area (Å²) in [5, 5.41) is 19.2.